The fraction of sp³-hybridized carbons (Fsp3) is 0.636. The first kappa shape index (κ1) is 11.1. The summed E-state index contributed by atoms with van der Waals surface area (Å²) in [6, 6.07) is 0. The molecule has 1 saturated heterocycles. The van der Waals surface area contributed by atoms with Gasteiger partial charge in [0, 0.05) is 6.54 Å². The average Bonchev–Trinajstić information content (AvgIpc) is 2.31. The summed E-state index contributed by atoms with van der Waals surface area (Å²) in [5, 5.41) is 3.29. The minimum absolute atomic E-state index is 0.194. The molecule has 1 aliphatic rings. The molecule has 0 aliphatic carbocycles. The first-order valence-corrected chi connectivity index (χ1v) is 5.70. The fourth-order valence-electron chi connectivity index (χ4n) is 1.70. The predicted molar refractivity (Wildman–Crippen MR) is 59.7 cm³/mol. The van der Waals surface area contributed by atoms with Crippen LogP contribution in [0.2, 0.25) is 0 Å². The van der Waals surface area contributed by atoms with E-state index in [4.69, 9.17) is 9.47 Å². The van der Waals surface area contributed by atoms with Crippen LogP contribution in [0.25, 0.3) is 0 Å². The highest BCUT2D eigenvalue weighted by Crippen LogP contribution is 2.15. The van der Waals surface area contributed by atoms with Gasteiger partial charge in [0.1, 0.15) is 6.10 Å². The van der Waals surface area contributed by atoms with Crippen molar-refractivity contribution >= 4 is 0 Å². The van der Waals surface area contributed by atoms with Gasteiger partial charge in [-0.05, 0) is 26.3 Å². The molecule has 1 fully saturated rings. The molecular formula is C11H17N3O2. The van der Waals surface area contributed by atoms with Crippen molar-refractivity contribution in [3.63, 3.8) is 0 Å². The van der Waals surface area contributed by atoms with E-state index < -0.39 is 0 Å². The van der Waals surface area contributed by atoms with E-state index in [0.717, 1.165) is 25.9 Å². The molecule has 0 radical (unpaired) electrons. The Morgan fingerprint density at radius 2 is 2.31 bits per heavy atom. The Kier molecular flexibility index (Phi) is 3.93. The molecule has 5 nitrogen and oxygen atoms in total. The van der Waals surface area contributed by atoms with E-state index in [2.05, 4.69) is 15.3 Å². The molecule has 16 heavy (non-hydrogen) atoms. The van der Waals surface area contributed by atoms with E-state index in [9.17, 15) is 0 Å². The zero-order valence-electron chi connectivity index (χ0n) is 9.48. The van der Waals surface area contributed by atoms with Crippen molar-refractivity contribution in [2.75, 3.05) is 19.7 Å². The van der Waals surface area contributed by atoms with E-state index in [1.54, 1.807) is 12.4 Å². The van der Waals surface area contributed by atoms with Gasteiger partial charge in [-0.15, -0.1) is 0 Å². The van der Waals surface area contributed by atoms with Crippen LogP contribution in [0.15, 0.2) is 12.4 Å². The largest absolute Gasteiger partial charge is 0.477 e. The normalized spacial score (nSPS) is 20.4. The summed E-state index contributed by atoms with van der Waals surface area (Å²) in [6.07, 6.45) is 5.61. The molecular weight excluding hydrogens is 206 g/mol. The SMILES string of the molecule is CCOc1cncc(OC2CCCNC2)n1. The standard InChI is InChI=1S/C11H17N3O2/c1-2-15-10-7-13-8-11(14-10)16-9-4-3-5-12-6-9/h7-9,12H,2-6H2,1H3. The van der Waals surface area contributed by atoms with Crippen LogP contribution in [0, 0.1) is 0 Å². The van der Waals surface area contributed by atoms with Crippen LogP contribution >= 0.6 is 0 Å². The Balaban J connectivity index is 1.94. The molecule has 0 saturated carbocycles. The van der Waals surface area contributed by atoms with Gasteiger partial charge < -0.3 is 14.8 Å². The minimum Gasteiger partial charge on any atom is -0.477 e. The maximum Gasteiger partial charge on any atom is 0.235 e. The third kappa shape index (κ3) is 3.06. The maximum absolute atomic E-state index is 5.73. The first-order chi connectivity index (χ1) is 7.88. The predicted octanol–water partition coefficient (Wildman–Crippen LogP) is 1.01. The van der Waals surface area contributed by atoms with Gasteiger partial charge in [0.15, 0.2) is 0 Å². The topological polar surface area (TPSA) is 56.3 Å². The molecule has 88 valence electrons. The molecule has 2 heterocycles. The second-order valence-electron chi connectivity index (χ2n) is 3.71. The molecule has 0 spiro atoms. The second kappa shape index (κ2) is 5.65. The van der Waals surface area contributed by atoms with Gasteiger partial charge in [0.2, 0.25) is 11.8 Å². The van der Waals surface area contributed by atoms with Crippen molar-refractivity contribution in [2.24, 2.45) is 0 Å². The average molecular weight is 223 g/mol. The van der Waals surface area contributed by atoms with Gasteiger partial charge >= 0.3 is 0 Å². The Morgan fingerprint density at radius 1 is 1.44 bits per heavy atom. The van der Waals surface area contributed by atoms with Gasteiger partial charge in [0.05, 0.1) is 19.0 Å². The third-order valence-corrected chi connectivity index (χ3v) is 2.42. The second-order valence-corrected chi connectivity index (χ2v) is 3.71. The highest BCUT2D eigenvalue weighted by Gasteiger charge is 2.15. The summed E-state index contributed by atoms with van der Waals surface area (Å²) in [5.74, 6) is 1.06. The minimum atomic E-state index is 0.194. The van der Waals surface area contributed by atoms with Crippen molar-refractivity contribution in [1.82, 2.24) is 15.3 Å². The van der Waals surface area contributed by atoms with Gasteiger partial charge in [0.25, 0.3) is 0 Å². The highest BCUT2D eigenvalue weighted by atomic mass is 16.5. The molecule has 1 aromatic heterocycles. The van der Waals surface area contributed by atoms with E-state index >= 15 is 0 Å². The monoisotopic (exact) mass is 223 g/mol. The zero-order chi connectivity index (χ0) is 11.2. The van der Waals surface area contributed by atoms with E-state index in [1.165, 1.54) is 0 Å². The molecule has 1 aliphatic heterocycles. The van der Waals surface area contributed by atoms with E-state index in [0.29, 0.717) is 18.4 Å². The van der Waals surface area contributed by atoms with Crippen molar-refractivity contribution in [1.29, 1.82) is 0 Å². The van der Waals surface area contributed by atoms with Crippen LogP contribution in [-0.2, 0) is 0 Å². The maximum atomic E-state index is 5.73. The lowest BCUT2D eigenvalue weighted by molar-refractivity contribution is 0.157. The number of ether oxygens (including phenoxy) is 2. The molecule has 1 unspecified atom stereocenters. The Labute approximate surface area is 95.2 Å². The van der Waals surface area contributed by atoms with Crippen molar-refractivity contribution in [3.05, 3.63) is 12.4 Å². The van der Waals surface area contributed by atoms with Gasteiger partial charge in [-0.1, -0.05) is 0 Å². The summed E-state index contributed by atoms with van der Waals surface area (Å²) in [7, 11) is 0. The lowest BCUT2D eigenvalue weighted by atomic mass is 10.1. The number of piperidine rings is 1. The Hall–Kier alpha value is -1.36. The van der Waals surface area contributed by atoms with Crippen molar-refractivity contribution in [3.8, 4) is 11.8 Å². The molecule has 1 N–H and O–H groups in total. The van der Waals surface area contributed by atoms with Crippen LogP contribution < -0.4 is 14.8 Å². The quantitative estimate of drug-likeness (QED) is 0.825. The fourth-order valence-corrected chi connectivity index (χ4v) is 1.70. The van der Waals surface area contributed by atoms with Crippen LogP contribution in [-0.4, -0.2) is 35.8 Å². The molecule has 0 amide bonds. The number of rotatable bonds is 4. The van der Waals surface area contributed by atoms with Crippen LogP contribution in [0.3, 0.4) is 0 Å². The van der Waals surface area contributed by atoms with Crippen molar-refractivity contribution < 1.29 is 9.47 Å². The lowest BCUT2D eigenvalue weighted by Gasteiger charge is -2.23. The lowest BCUT2D eigenvalue weighted by Crippen LogP contribution is -2.37. The van der Waals surface area contributed by atoms with E-state index in [-0.39, 0.29) is 6.10 Å². The first-order valence-electron chi connectivity index (χ1n) is 5.70. The molecule has 1 atom stereocenters. The summed E-state index contributed by atoms with van der Waals surface area (Å²) in [4.78, 5) is 8.26. The van der Waals surface area contributed by atoms with Crippen LogP contribution in [0.5, 0.6) is 11.8 Å². The van der Waals surface area contributed by atoms with Crippen molar-refractivity contribution in [2.45, 2.75) is 25.9 Å². The number of hydrogen-bond donors (Lipinski definition) is 1. The summed E-state index contributed by atoms with van der Waals surface area (Å²) in [5.41, 5.74) is 0. The summed E-state index contributed by atoms with van der Waals surface area (Å²) < 4.78 is 11.0. The highest BCUT2D eigenvalue weighted by molar-refractivity contribution is 5.13. The van der Waals surface area contributed by atoms with Gasteiger partial charge in [-0.3, -0.25) is 4.98 Å². The molecule has 1 aromatic rings. The smallest absolute Gasteiger partial charge is 0.235 e. The number of nitrogens with one attached hydrogen (secondary N) is 1. The number of hydrogen-bond acceptors (Lipinski definition) is 5. The molecule has 0 aromatic carbocycles. The Bertz CT molecular complexity index is 327. The zero-order valence-corrected chi connectivity index (χ0v) is 9.48. The number of nitrogens with zero attached hydrogens (tertiary/aromatic N) is 2. The third-order valence-electron chi connectivity index (χ3n) is 2.42. The van der Waals surface area contributed by atoms with Crippen LogP contribution in [0.4, 0.5) is 0 Å². The molecule has 0 bridgehead atoms. The van der Waals surface area contributed by atoms with Gasteiger partial charge in [-0.2, -0.15) is 4.98 Å². The van der Waals surface area contributed by atoms with Gasteiger partial charge in [-0.25, -0.2) is 0 Å². The summed E-state index contributed by atoms with van der Waals surface area (Å²) >= 11 is 0. The summed E-state index contributed by atoms with van der Waals surface area (Å²) in [6.45, 7) is 4.45. The van der Waals surface area contributed by atoms with E-state index in [1.807, 2.05) is 6.92 Å². The Morgan fingerprint density at radius 3 is 3.06 bits per heavy atom. The molecule has 5 heteroatoms. The number of aromatic nitrogens is 2. The molecule has 2 rings (SSSR count). The van der Waals surface area contributed by atoms with Crippen LogP contribution in [0.1, 0.15) is 19.8 Å².